The summed E-state index contributed by atoms with van der Waals surface area (Å²) in [5.74, 6) is -10.2. The van der Waals surface area contributed by atoms with E-state index < -0.39 is 87.4 Å². The zero-order valence-corrected chi connectivity index (χ0v) is 22.4. The lowest BCUT2D eigenvalue weighted by atomic mass is 9.55. The molecule has 0 radical (unpaired) electrons. The van der Waals surface area contributed by atoms with E-state index >= 15 is 0 Å². The Kier molecular flexibility index (Phi) is 7.20. The van der Waals surface area contributed by atoms with Crippen molar-refractivity contribution < 1.29 is 44.3 Å². The molecule has 1 amide bonds. The van der Waals surface area contributed by atoms with E-state index in [4.69, 9.17) is 10.5 Å². The standard InChI is InChI=1S/C28H31N3O9/c1-6-10-30-13-9-8-12-11(3)15-17(22(34)16(12)21(13)33)25(36)28(39)19(24(15)40-14(32)7-2)20(31(4)5)23(35)18(26(28)37)27(29)38/h6,8-11,15,19-20,24,33,35-36,39H,1,7H2,2-5H3,(H2,29,38). The highest BCUT2D eigenvalue weighted by Crippen LogP contribution is 2.57. The van der Waals surface area contributed by atoms with Gasteiger partial charge in [-0.15, -0.1) is 0 Å². The molecule has 0 fully saturated rings. The van der Waals surface area contributed by atoms with Crippen molar-refractivity contribution in [2.24, 2.45) is 22.6 Å². The number of ketones is 2. The highest BCUT2D eigenvalue weighted by Gasteiger charge is 2.68. The van der Waals surface area contributed by atoms with Crippen molar-refractivity contribution in [2.75, 3.05) is 14.1 Å². The fraction of sp³-hybridized carbons (Fsp3) is 0.393. The van der Waals surface area contributed by atoms with Crippen LogP contribution in [0, 0.1) is 11.8 Å². The van der Waals surface area contributed by atoms with Crippen molar-refractivity contribution in [3.8, 4) is 5.75 Å². The van der Waals surface area contributed by atoms with Crippen LogP contribution in [-0.4, -0.2) is 86.8 Å². The minimum Gasteiger partial charge on any atom is -0.510 e. The van der Waals surface area contributed by atoms with Crippen LogP contribution in [0.2, 0.25) is 0 Å². The van der Waals surface area contributed by atoms with Gasteiger partial charge in [-0.25, -0.2) is 0 Å². The molecule has 0 aromatic heterocycles. The second-order valence-corrected chi connectivity index (χ2v) is 10.3. The number of nitrogens with zero attached hydrogens (tertiary/aromatic N) is 2. The number of hydrogen-bond donors (Lipinski definition) is 5. The Morgan fingerprint density at radius 1 is 1.23 bits per heavy atom. The number of aliphatic hydroxyl groups is 3. The molecule has 1 aromatic rings. The maximum atomic E-state index is 14.0. The summed E-state index contributed by atoms with van der Waals surface area (Å²) in [4.78, 5) is 58.0. The molecular formula is C28H31N3O9. The predicted octanol–water partition coefficient (Wildman–Crippen LogP) is 1.50. The number of nitrogens with two attached hydrogens (primary N) is 1. The summed E-state index contributed by atoms with van der Waals surface area (Å²) in [5.41, 5.74) is 1.14. The average molecular weight is 554 g/mol. The maximum absolute atomic E-state index is 14.0. The zero-order valence-electron chi connectivity index (χ0n) is 22.4. The Bertz CT molecular complexity index is 1440. The smallest absolute Gasteiger partial charge is 0.305 e. The molecule has 12 heteroatoms. The summed E-state index contributed by atoms with van der Waals surface area (Å²) in [7, 11) is 2.97. The number of allylic oxidation sites excluding steroid dienone is 1. The molecule has 0 bridgehead atoms. The number of esters is 1. The topological polar surface area (TPSA) is 200 Å². The number of benzene rings is 1. The molecule has 0 saturated carbocycles. The zero-order chi connectivity index (χ0) is 29.8. The van der Waals surface area contributed by atoms with Crippen LogP contribution in [-0.2, 0) is 19.1 Å². The average Bonchev–Trinajstić information content (AvgIpc) is 2.89. The number of primary amides is 1. The van der Waals surface area contributed by atoms with Gasteiger partial charge in [0, 0.05) is 24.1 Å². The number of rotatable bonds is 6. The van der Waals surface area contributed by atoms with E-state index in [0.717, 1.165) is 0 Å². The molecule has 6 atom stereocenters. The van der Waals surface area contributed by atoms with E-state index in [-0.39, 0.29) is 17.7 Å². The molecule has 6 N–H and O–H groups in total. The lowest BCUT2D eigenvalue weighted by molar-refractivity contribution is -0.180. The number of phenolic OH excluding ortho intramolecular Hbond substituents is 1. The minimum absolute atomic E-state index is 0.0318. The first-order valence-corrected chi connectivity index (χ1v) is 12.6. The Morgan fingerprint density at radius 3 is 2.42 bits per heavy atom. The minimum atomic E-state index is -2.99. The number of carbonyl (C=O) groups excluding carboxylic acids is 4. The van der Waals surface area contributed by atoms with Gasteiger partial charge < -0.3 is 30.9 Å². The van der Waals surface area contributed by atoms with Crippen LogP contribution in [0.1, 0.15) is 42.1 Å². The van der Waals surface area contributed by atoms with Crippen LogP contribution in [0.25, 0.3) is 0 Å². The van der Waals surface area contributed by atoms with Crippen molar-refractivity contribution in [1.82, 2.24) is 4.90 Å². The van der Waals surface area contributed by atoms with Crippen LogP contribution in [0.3, 0.4) is 0 Å². The van der Waals surface area contributed by atoms with E-state index in [9.17, 15) is 39.6 Å². The molecule has 0 heterocycles. The number of amides is 1. The summed E-state index contributed by atoms with van der Waals surface area (Å²) in [5, 5.41) is 45.6. The number of hydrogen-bond acceptors (Lipinski definition) is 11. The van der Waals surface area contributed by atoms with Crippen LogP contribution >= 0.6 is 0 Å². The third-order valence-electron chi connectivity index (χ3n) is 7.96. The summed E-state index contributed by atoms with van der Waals surface area (Å²) >= 11 is 0. The lowest BCUT2D eigenvalue weighted by Gasteiger charge is -2.54. The number of aliphatic imine (C=N–C) groups is 1. The van der Waals surface area contributed by atoms with Crippen LogP contribution < -0.4 is 5.73 Å². The number of likely N-dealkylation sites (N-methyl/N-ethyl adjacent to an activating group) is 1. The molecule has 3 aliphatic carbocycles. The van der Waals surface area contributed by atoms with E-state index in [1.807, 2.05) is 0 Å². The summed E-state index contributed by atoms with van der Waals surface area (Å²) < 4.78 is 5.78. The van der Waals surface area contributed by atoms with Crippen LogP contribution in [0.5, 0.6) is 5.75 Å². The van der Waals surface area contributed by atoms with E-state index in [1.165, 1.54) is 44.3 Å². The molecule has 6 unspecified atom stereocenters. The van der Waals surface area contributed by atoms with Crippen molar-refractivity contribution >= 4 is 35.3 Å². The molecule has 1 aromatic carbocycles. The molecule has 4 rings (SSSR count). The fourth-order valence-electron chi connectivity index (χ4n) is 6.20. The van der Waals surface area contributed by atoms with Gasteiger partial charge in [-0.3, -0.25) is 29.1 Å². The van der Waals surface area contributed by atoms with Gasteiger partial charge in [0.25, 0.3) is 5.91 Å². The van der Waals surface area contributed by atoms with Gasteiger partial charge in [0.2, 0.25) is 5.78 Å². The van der Waals surface area contributed by atoms with Crippen molar-refractivity contribution in [3.05, 3.63) is 58.6 Å². The number of Topliss-reactive ketones (excluding diaryl/α,β-unsaturated/α-hetero) is 2. The molecule has 3 aliphatic rings. The van der Waals surface area contributed by atoms with Crippen LogP contribution in [0.4, 0.5) is 5.69 Å². The third kappa shape index (κ3) is 3.86. The predicted molar refractivity (Wildman–Crippen MR) is 142 cm³/mol. The Morgan fingerprint density at radius 2 is 1.88 bits per heavy atom. The number of aliphatic hydroxyl groups excluding tert-OH is 2. The quantitative estimate of drug-likeness (QED) is 0.195. The first-order chi connectivity index (χ1) is 18.7. The number of ether oxygens (including phenoxy) is 1. The number of fused-ring (bicyclic) bond motifs is 3. The Labute approximate surface area is 229 Å². The first-order valence-electron chi connectivity index (χ1n) is 12.6. The highest BCUT2D eigenvalue weighted by atomic mass is 16.5. The largest absolute Gasteiger partial charge is 0.510 e. The molecule has 212 valence electrons. The number of carbonyl (C=O) groups is 4. The summed E-state index contributed by atoms with van der Waals surface area (Å²) in [6.45, 7) is 6.72. The van der Waals surface area contributed by atoms with Crippen LogP contribution in [0.15, 0.2) is 52.4 Å². The normalized spacial score (nSPS) is 29.8. The van der Waals surface area contributed by atoms with E-state index in [1.54, 1.807) is 13.0 Å². The van der Waals surface area contributed by atoms with Crippen molar-refractivity contribution in [3.63, 3.8) is 0 Å². The number of aromatic hydroxyl groups is 1. The molecule has 0 saturated heterocycles. The van der Waals surface area contributed by atoms with Crippen molar-refractivity contribution in [1.29, 1.82) is 0 Å². The van der Waals surface area contributed by atoms with Gasteiger partial charge in [-0.1, -0.05) is 32.6 Å². The van der Waals surface area contributed by atoms with Gasteiger partial charge in [0.15, 0.2) is 17.1 Å². The highest BCUT2D eigenvalue weighted by molar-refractivity contribution is 6.25. The SMILES string of the molecule is C=CC=Nc1ccc2c(c1O)C(=O)C1=C(O)C3(O)C(=O)C(C(N)=O)=C(O)C(N(C)C)C3C(OC(=O)CC)C1C2C. The first kappa shape index (κ1) is 28.7. The molecule has 0 spiro atoms. The molecular weight excluding hydrogens is 522 g/mol. The summed E-state index contributed by atoms with van der Waals surface area (Å²) in [6.07, 6.45) is 1.13. The lowest BCUT2D eigenvalue weighted by Crippen LogP contribution is -2.69. The van der Waals surface area contributed by atoms with Gasteiger partial charge in [0.1, 0.15) is 28.9 Å². The number of phenols is 1. The van der Waals surface area contributed by atoms with E-state index in [2.05, 4.69) is 11.6 Å². The molecule has 0 aliphatic heterocycles. The Hall–Kier alpha value is -4.29. The van der Waals surface area contributed by atoms with Crippen molar-refractivity contribution in [2.45, 2.75) is 43.9 Å². The second-order valence-electron chi connectivity index (χ2n) is 10.3. The van der Waals surface area contributed by atoms with Gasteiger partial charge >= 0.3 is 5.97 Å². The monoisotopic (exact) mass is 553 g/mol. The third-order valence-corrected chi connectivity index (χ3v) is 7.96. The maximum Gasteiger partial charge on any atom is 0.305 e. The molecule has 40 heavy (non-hydrogen) atoms. The van der Waals surface area contributed by atoms with Gasteiger partial charge in [0.05, 0.1) is 17.5 Å². The molecule has 12 nitrogen and oxygen atoms in total. The Balaban J connectivity index is 2.09. The second kappa shape index (κ2) is 10.0. The fourth-order valence-corrected chi connectivity index (χ4v) is 6.20. The van der Waals surface area contributed by atoms with Gasteiger partial charge in [-0.2, -0.15) is 0 Å². The van der Waals surface area contributed by atoms with Gasteiger partial charge in [-0.05, 0) is 31.6 Å². The summed E-state index contributed by atoms with van der Waals surface area (Å²) in [6, 6.07) is 1.72. The van der Waals surface area contributed by atoms with E-state index in [0.29, 0.717) is 5.56 Å².